The lowest BCUT2D eigenvalue weighted by Gasteiger charge is -2.29. The minimum Gasteiger partial charge on any atom is -0.392 e. The van der Waals surface area contributed by atoms with Crippen LogP contribution in [0.15, 0.2) is 12.3 Å². The van der Waals surface area contributed by atoms with Gasteiger partial charge in [0.25, 0.3) is 0 Å². The van der Waals surface area contributed by atoms with Crippen LogP contribution in [0.25, 0.3) is 0 Å². The second kappa shape index (κ2) is 6.16. The number of aliphatic hydroxyl groups is 1. The van der Waals surface area contributed by atoms with E-state index in [0.29, 0.717) is 6.10 Å². The summed E-state index contributed by atoms with van der Waals surface area (Å²) < 4.78 is 5.75. The number of aromatic nitrogens is 1. The summed E-state index contributed by atoms with van der Waals surface area (Å²) in [5.74, 6) is 0. The van der Waals surface area contributed by atoms with Crippen molar-refractivity contribution >= 4 is 5.69 Å². The molecule has 1 atom stereocenters. The van der Waals surface area contributed by atoms with Crippen molar-refractivity contribution in [2.24, 2.45) is 0 Å². The van der Waals surface area contributed by atoms with Crippen LogP contribution in [0.5, 0.6) is 0 Å². The SMILES string of the molecule is Cc1cc(N(C)CC2CCCCO2)c(CO)cn1. The van der Waals surface area contributed by atoms with Gasteiger partial charge in [0.1, 0.15) is 0 Å². The molecular formula is C14H22N2O2. The lowest BCUT2D eigenvalue weighted by Crippen LogP contribution is -2.33. The van der Waals surface area contributed by atoms with Gasteiger partial charge in [0.15, 0.2) is 0 Å². The highest BCUT2D eigenvalue weighted by Crippen LogP contribution is 2.22. The molecule has 100 valence electrons. The van der Waals surface area contributed by atoms with Crippen molar-refractivity contribution in [2.75, 3.05) is 25.1 Å². The van der Waals surface area contributed by atoms with E-state index in [2.05, 4.69) is 9.88 Å². The Bertz CT molecular complexity index is 389. The van der Waals surface area contributed by atoms with Gasteiger partial charge in [-0.15, -0.1) is 0 Å². The van der Waals surface area contributed by atoms with Crippen LogP contribution in [0, 0.1) is 6.92 Å². The van der Waals surface area contributed by atoms with E-state index in [4.69, 9.17) is 4.74 Å². The van der Waals surface area contributed by atoms with E-state index < -0.39 is 0 Å². The molecule has 0 aliphatic carbocycles. The molecule has 0 spiro atoms. The van der Waals surface area contributed by atoms with E-state index in [9.17, 15) is 5.11 Å². The maximum absolute atomic E-state index is 9.37. The maximum Gasteiger partial charge on any atom is 0.0749 e. The van der Waals surface area contributed by atoms with Gasteiger partial charge in [-0.1, -0.05) is 0 Å². The van der Waals surface area contributed by atoms with Gasteiger partial charge in [0.05, 0.1) is 12.7 Å². The Morgan fingerprint density at radius 3 is 3.00 bits per heavy atom. The first-order chi connectivity index (χ1) is 8.70. The van der Waals surface area contributed by atoms with Crippen LogP contribution in [-0.2, 0) is 11.3 Å². The lowest BCUT2D eigenvalue weighted by molar-refractivity contribution is 0.0216. The Labute approximate surface area is 109 Å². The van der Waals surface area contributed by atoms with Crippen molar-refractivity contribution < 1.29 is 9.84 Å². The molecule has 1 fully saturated rings. The summed E-state index contributed by atoms with van der Waals surface area (Å²) in [6, 6.07) is 2.02. The van der Waals surface area contributed by atoms with Crippen molar-refractivity contribution in [1.82, 2.24) is 4.98 Å². The van der Waals surface area contributed by atoms with Gasteiger partial charge in [-0.2, -0.15) is 0 Å². The highest BCUT2D eigenvalue weighted by atomic mass is 16.5. The summed E-state index contributed by atoms with van der Waals surface area (Å²) >= 11 is 0. The topological polar surface area (TPSA) is 45.6 Å². The van der Waals surface area contributed by atoms with Crippen LogP contribution in [0.3, 0.4) is 0 Å². The minimum atomic E-state index is 0.0263. The van der Waals surface area contributed by atoms with Crippen molar-refractivity contribution in [1.29, 1.82) is 0 Å². The molecule has 2 heterocycles. The van der Waals surface area contributed by atoms with Crippen molar-refractivity contribution in [3.63, 3.8) is 0 Å². The summed E-state index contributed by atoms with van der Waals surface area (Å²) in [5.41, 5.74) is 2.90. The Morgan fingerprint density at radius 1 is 1.50 bits per heavy atom. The molecule has 4 heteroatoms. The van der Waals surface area contributed by atoms with E-state index in [0.717, 1.165) is 36.5 Å². The van der Waals surface area contributed by atoms with Gasteiger partial charge in [-0.25, -0.2) is 0 Å². The molecule has 1 aliphatic heterocycles. The van der Waals surface area contributed by atoms with Crippen LogP contribution < -0.4 is 4.90 Å². The average Bonchev–Trinajstić information content (AvgIpc) is 2.40. The number of aliphatic hydroxyl groups excluding tert-OH is 1. The third kappa shape index (κ3) is 3.21. The molecule has 1 N–H and O–H groups in total. The Balaban J connectivity index is 2.07. The number of likely N-dealkylation sites (N-methyl/N-ethyl adjacent to an activating group) is 1. The molecule has 1 saturated heterocycles. The summed E-state index contributed by atoms with van der Waals surface area (Å²) in [4.78, 5) is 6.38. The smallest absolute Gasteiger partial charge is 0.0749 e. The third-order valence-corrected chi connectivity index (χ3v) is 3.43. The van der Waals surface area contributed by atoms with E-state index in [1.54, 1.807) is 6.20 Å². The predicted octanol–water partition coefficient (Wildman–Crippen LogP) is 1.89. The summed E-state index contributed by atoms with van der Waals surface area (Å²) in [7, 11) is 2.05. The average molecular weight is 250 g/mol. The first kappa shape index (κ1) is 13.3. The fourth-order valence-corrected chi connectivity index (χ4v) is 2.41. The Morgan fingerprint density at radius 2 is 2.33 bits per heavy atom. The van der Waals surface area contributed by atoms with E-state index >= 15 is 0 Å². The van der Waals surface area contributed by atoms with Gasteiger partial charge in [-0.05, 0) is 32.3 Å². The molecule has 0 radical (unpaired) electrons. The highest BCUT2D eigenvalue weighted by molar-refractivity contribution is 5.52. The van der Waals surface area contributed by atoms with E-state index in [-0.39, 0.29) is 6.61 Å². The van der Waals surface area contributed by atoms with Crippen LogP contribution in [0.4, 0.5) is 5.69 Å². The summed E-state index contributed by atoms with van der Waals surface area (Å²) in [6.07, 6.45) is 5.62. The number of ether oxygens (including phenoxy) is 1. The molecule has 1 aromatic rings. The second-order valence-corrected chi connectivity index (χ2v) is 4.98. The van der Waals surface area contributed by atoms with Crippen LogP contribution in [0.1, 0.15) is 30.5 Å². The number of hydrogen-bond donors (Lipinski definition) is 1. The van der Waals surface area contributed by atoms with Gasteiger partial charge >= 0.3 is 0 Å². The van der Waals surface area contributed by atoms with Gasteiger partial charge in [-0.3, -0.25) is 4.98 Å². The molecule has 0 saturated carbocycles. The molecule has 1 aromatic heterocycles. The lowest BCUT2D eigenvalue weighted by atomic mass is 10.1. The van der Waals surface area contributed by atoms with Crippen LogP contribution >= 0.6 is 0 Å². The Kier molecular flexibility index (Phi) is 4.55. The van der Waals surface area contributed by atoms with Gasteiger partial charge in [0, 0.05) is 43.3 Å². The quantitative estimate of drug-likeness (QED) is 0.886. The number of rotatable bonds is 4. The van der Waals surface area contributed by atoms with E-state index in [1.807, 2.05) is 20.0 Å². The maximum atomic E-state index is 9.37. The normalized spacial score (nSPS) is 19.8. The van der Waals surface area contributed by atoms with Crippen molar-refractivity contribution in [2.45, 2.75) is 38.9 Å². The molecule has 0 bridgehead atoms. The highest BCUT2D eigenvalue weighted by Gasteiger charge is 2.17. The van der Waals surface area contributed by atoms with Gasteiger partial charge in [0.2, 0.25) is 0 Å². The molecule has 1 aliphatic rings. The predicted molar refractivity (Wildman–Crippen MR) is 71.8 cm³/mol. The van der Waals surface area contributed by atoms with E-state index in [1.165, 1.54) is 12.8 Å². The number of hydrogen-bond acceptors (Lipinski definition) is 4. The summed E-state index contributed by atoms with van der Waals surface area (Å²) in [5, 5.41) is 9.37. The zero-order valence-corrected chi connectivity index (χ0v) is 11.2. The molecule has 0 aromatic carbocycles. The monoisotopic (exact) mass is 250 g/mol. The molecule has 0 amide bonds. The largest absolute Gasteiger partial charge is 0.392 e. The zero-order valence-electron chi connectivity index (χ0n) is 11.2. The fraction of sp³-hybridized carbons (Fsp3) is 0.643. The Hall–Kier alpha value is -1.13. The number of anilines is 1. The zero-order chi connectivity index (χ0) is 13.0. The molecular weight excluding hydrogens is 228 g/mol. The molecule has 1 unspecified atom stereocenters. The number of pyridine rings is 1. The number of aryl methyl sites for hydroxylation is 1. The molecule has 4 nitrogen and oxygen atoms in total. The standard InChI is InChI=1S/C14H22N2O2/c1-11-7-14(12(10-17)8-15-11)16(2)9-13-5-3-4-6-18-13/h7-8,13,17H,3-6,9-10H2,1-2H3. The first-order valence-electron chi connectivity index (χ1n) is 6.60. The molecule has 2 rings (SSSR count). The van der Waals surface area contributed by atoms with Crippen LogP contribution in [-0.4, -0.2) is 36.4 Å². The van der Waals surface area contributed by atoms with Gasteiger partial charge < -0.3 is 14.7 Å². The number of nitrogens with zero attached hydrogens (tertiary/aromatic N) is 2. The minimum absolute atomic E-state index is 0.0263. The third-order valence-electron chi connectivity index (χ3n) is 3.43. The second-order valence-electron chi connectivity index (χ2n) is 4.98. The van der Waals surface area contributed by atoms with Crippen molar-refractivity contribution in [3.8, 4) is 0 Å². The fourth-order valence-electron chi connectivity index (χ4n) is 2.41. The summed E-state index contributed by atoms with van der Waals surface area (Å²) in [6.45, 7) is 3.74. The molecule has 18 heavy (non-hydrogen) atoms. The van der Waals surface area contributed by atoms with Crippen molar-refractivity contribution in [3.05, 3.63) is 23.5 Å². The van der Waals surface area contributed by atoms with Crippen LogP contribution in [0.2, 0.25) is 0 Å². The first-order valence-corrected chi connectivity index (χ1v) is 6.60.